The maximum atomic E-state index is 14.0. The molecule has 1 aromatic rings. The highest BCUT2D eigenvalue weighted by atomic mass is 35.5. The molecular formula is C14H17ClFNO2. The molecule has 1 aliphatic rings. The van der Waals surface area contributed by atoms with E-state index >= 15 is 0 Å². The average molecular weight is 286 g/mol. The van der Waals surface area contributed by atoms with Gasteiger partial charge in [-0.25, -0.2) is 4.39 Å². The molecule has 1 aliphatic heterocycles. The van der Waals surface area contributed by atoms with Crippen molar-refractivity contribution in [1.29, 1.82) is 0 Å². The van der Waals surface area contributed by atoms with Crippen molar-refractivity contribution < 1.29 is 14.3 Å². The van der Waals surface area contributed by atoms with E-state index in [9.17, 15) is 14.3 Å². The predicted octanol–water partition coefficient (Wildman–Crippen LogP) is 3.48. The number of hydrogen-bond donors (Lipinski definition) is 1. The number of carboxylic acids is 1. The van der Waals surface area contributed by atoms with Crippen molar-refractivity contribution in [1.82, 2.24) is 4.90 Å². The lowest BCUT2D eigenvalue weighted by Crippen LogP contribution is -2.43. The van der Waals surface area contributed by atoms with Crippen molar-refractivity contribution in [2.45, 2.75) is 38.3 Å². The van der Waals surface area contributed by atoms with Crippen LogP contribution in [-0.4, -0.2) is 28.6 Å². The van der Waals surface area contributed by atoms with Crippen molar-refractivity contribution in [2.24, 2.45) is 0 Å². The molecule has 1 aromatic carbocycles. The van der Waals surface area contributed by atoms with Crippen molar-refractivity contribution >= 4 is 17.6 Å². The molecule has 0 bridgehead atoms. The van der Waals surface area contributed by atoms with Gasteiger partial charge < -0.3 is 5.11 Å². The molecule has 0 aromatic heterocycles. The molecule has 1 heterocycles. The minimum atomic E-state index is -1.05. The first kappa shape index (κ1) is 14.3. The van der Waals surface area contributed by atoms with Gasteiger partial charge >= 0.3 is 5.97 Å². The lowest BCUT2D eigenvalue weighted by molar-refractivity contribution is -0.145. The number of benzene rings is 1. The van der Waals surface area contributed by atoms with Crippen LogP contribution in [0.4, 0.5) is 4.39 Å². The number of halogens is 2. The number of rotatable bonds is 3. The van der Waals surface area contributed by atoms with Crippen LogP contribution in [0.1, 0.15) is 37.8 Å². The van der Waals surface area contributed by atoms with Crippen LogP contribution in [-0.2, 0) is 4.79 Å². The van der Waals surface area contributed by atoms with E-state index in [0.717, 1.165) is 19.3 Å². The summed E-state index contributed by atoms with van der Waals surface area (Å²) in [6.07, 6.45) is 2.94. The number of carbonyl (C=O) groups is 1. The molecule has 0 amide bonds. The van der Waals surface area contributed by atoms with E-state index in [0.29, 0.717) is 6.54 Å². The fourth-order valence-electron chi connectivity index (χ4n) is 2.71. The first-order valence-electron chi connectivity index (χ1n) is 6.45. The fourth-order valence-corrected chi connectivity index (χ4v) is 2.97. The quantitative estimate of drug-likeness (QED) is 0.924. The number of carboxylic acid groups (broad SMARTS) is 1. The van der Waals surface area contributed by atoms with Crippen LogP contribution >= 0.6 is 11.6 Å². The highest BCUT2D eigenvalue weighted by Crippen LogP contribution is 2.34. The van der Waals surface area contributed by atoms with Gasteiger partial charge in [-0.1, -0.05) is 24.1 Å². The van der Waals surface area contributed by atoms with Crippen LogP contribution < -0.4 is 0 Å². The maximum absolute atomic E-state index is 14.0. The molecule has 0 radical (unpaired) electrons. The number of likely N-dealkylation sites (tertiary alicyclic amines) is 1. The highest BCUT2D eigenvalue weighted by Gasteiger charge is 2.35. The predicted molar refractivity (Wildman–Crippen MR) is 71.8 cm³/mol. The number of nitrogens with zero attached hydrogens (tertiary/aromatic N) is 1. The molecule has 104 valence electrons. The summed E-state index contributed by atoms with van der Waals surface area (Å²) in [5.41, 5.74) is 0.0745. The van der Waals surface area contributed by atoms with Gasteiger partial charge in [0.2, 0.25) is 0 Å². The Bertz CT molecular complexity index is 460. The number of piperidine rings is 1. The second-order valence-electron chi connectivity index (χ2n) is 4.96. The Morgan fingerprint density at radius 2 is 2.26 bits per heavy atom. The minimum absolute atomic E-state index is 0.0745. The Hall–Kier alpha value is -1.13. The standard InChI is InChI=1S/C14H17ClFNO2/c1-9-5-2-3-8-17(9)13(14(18)19)12-10(15)6-4-7-11(12)16/h4,6-7,9,13H,2-3,5,8H2,1H3,(H,18,19). The minimum Gasteiger partial charge on any atom is -0.480 e. The lowest BCUT2D eigenvalue weighted by Gasteiger charge is -2.38. The fraction of sp³-hybridized carbons (Fsp3) is 0.500. The summed E-state index contributed by atoms with van der Waals surface area (Å²) in [4.78, 5) is 13.4. The summed E-state index contributed by atoms with van der Waals surface area (Å²) in [5, 5.41) is 9.65. The van der Waals surface area contributed by atoms with Crippen LogP contribution in [0.5, 0.6) is 0 Å². The third kappa shape index (κ3) is 2.90. The van der Waals surface area contributed by atoms with E-state index in [1.54, 1.807) is 0 Å². The second-order valence-corrected chi connectivity index (χ2v) is 5.37. The van der Waals surface area contributed by atoms with E-state index in [1.807, 2.05) is 11.8 Å². The average Bonchev–Trinajstić information content (AvgIpc) is 2.35. The summed E-state index contributed by atoms with van der Waals surface area (Å²) in [6.45, 7) is 2.63. The molecule has 0 spiro atoms. The van der Waals surface area contributed by atoms with E-state index in [-0.39, 0.29) is 16.6 Å². The lowest BCUT2D eigenvalue weighted by atomic mass is 9.97. The van der Waals surface area contributed by atoms with Crippen LogP contribution in [0.3, 0.4) is 0 Å². The van der Waals surface area contributed by atoms with Crippen molar-refractivity contribution in [2.75, 3.05) is 6.54 Å². The van der Waals surface area contributed by atoms with Crippen LogP contribution in [0, 0.1) is 5.82 Å². The smallest absolute Gasteiger partial charge is 0.325 e. The maximum Gasteiger partial charge on any atom is 0.325 e. The molecule has 1 saturated heterocycles. The normalized spacial score (nSPS) is 22.2. The summed E-state index contributed by atoms with van der Waals surface area (Å²) in [7, 11) is 0. The van der Waals surface area contributed by atoms with Crippen molar-refractivity contribution in [3.05, 3.63) is 34.6 Å². The zero-order valence-electron chi connectivity index (χ0n) is 10.8. The van der Waals surface area contributed by atoms with Crippen LogP contribution in [0.2, 0.25) is 5.02 Å². The molecule has 5 heteroatoms. The Labute approximate surface area is 117 Å². The van der Waals surface area contributed by atoms with Crippen molar-refractivity contribution in [3.63, 3.8) is 0 Å². The first-order valence-corrected chi connectivity index (χ1v) is 6.82. The Kier molecular flexibility index (Phi) is 4.42. The van der Waals surface area contributed by atoms with E-state index in [2.05, 4.69) is 0 Å². The van der Waals surface area contributed by atoms with Gasteiger partial charge in [0.05, 0.1) is 0 Å². The zero-order valence-corrected chi connectivity index (χ0v) is 11.5. The molecule has 3 nitrogen and oxygen atoms in total. The largest absolute Gasteiger partial charge is 0.480 e. The van der Waals surface area contributed by atoms with Crippen molar-refractivity contribution in [3.8, 4) is 0 Å². The third-order valence-electron chi connectivity index (χ3n) is 3.69. The summed E-state index contributed by atoms with van der Waals surface area (Å²) < 4.78 is 14.0. The van der Waals surface area contributed by atoms with Gasteiger partial charge in [0.15, 0.2) is 0 Å². The summed E-state index contributed by atoms with van der Waals surface area (Å²) >= 11 is 6.01. The molecule has 1 N–H and O–H groups in total. The van der Waals surface area contributed by atoms with E-state index in [4.69, 9.17) is 11.6 Å². The molecular weight excluding hydrogens is 269 g/mol. The molecule has 2 rings (SSSR count). The van der Waals surface area contributed by atoms with Gasteiger partial charge in [0.25, 0.3) is 0 Å². The number of aliphatic carboxylic acids is 1. The Morgan fingerprint density at radius 3 is 2.84 bits per heavy atom. The van der Waals surface area contributed by atoms with Gasteiger partial charge in [0, 0.05) is 16.6 Å². The third-order valence-corrected chi connectivity index (χ3v) is 4.02. The Balaban J connectivity index is 2.42. The molecule has 0 saturated carbocycles. The topological polar surface area (TPSA) is 40.5 Å². The summed E-state index contributed by atoms with van der Waals surface area (Å²) in [5.74, 6) is -1.61. The van der Waals surface area contributed by atoms with E-state index in [1.165, 1.54) is 18.2 Å². The first-order chi connectivity index (χ1) is 9.02. The summed E-state index contributed by atoms with van der Waals surface area (Å²) in [6, 6.07) is 3.38. The molecule has 2 atom stereocenters. The highest BCUT2D eigenvalue weighted by molar-refractivity contribution is 6.31. The zero-order chi connectivity index (χ0) is 14.0. The Morgan fingerprint density at radius 1 is 1.53 bits per heavy atom. The van der Waals surface area contributed by atoms with Gasteiger partial charge in [-0.3, -0.25) is 9.69 Å². The van der Waals surface area contributed by atoms with Gasteiger partial charge in [-0.15, -0.1) is 0 Å². The molecule has 0 aliphatic carbocycles. The second kappa shape index (κ2) is 5.88. The van der Waals surface area contributed by atoms with Gasteiger partial charge in [-0.2, -0.15) is 0 Å². The molecule has 2 unspecified atom stereocenters. The molecule has 1 fully saturated rings. The van der Waals surface area contributed by atoms with Crippen LogP contribution in [0.25, 0.3) is 0 Å². The number of hydrogen-bond acceptors (Lipinski definition) is 2. The van der Waals surface area contributed by atoms with Gasteiger partial charge in [-0.05, 0) is 38.4 Å². The van der Waals surface area contributed by atoms with Crippen LogP contribution in [0.15, 0.2) is 18.2 Å². The SMILES string of the molecule is CC1CCCCN1C(C(=O)O)c1c(F)cccc1Cl. The molecule has 19 heavy (non-hydrogen) atoms. The van der Waals surface area contributed by atoms with Gasteiger partial charge in [0.1, 0.15) is 11.9 Å². The van der Waals surface area contributed by atoms with E-state index < -0.39 is 17.8 Å². The monoisotopic (exact) mass is 285 g/mol.